The van der Waals surface area contributed by atoms with E-state index in [1.165, 1.54) is 5.56 Å². The molecule has 1 aliphatic carbocycles. The zero-order valence-corrected chi connectivity index (χ0v) is 14.8. The maximum absolute atomic E-state index is 13.7. The molecule has 5 nitrogen and oxygen atoms in total. The van der Waals surface area contributed by atoms with Crippen molar-refractivity contribution in [3.8, 4) is 11.4 Å². The van der Waals surface area contributed by atoms with Gasteiger partial charge < -0.3 is 10.3 Å². The van der Waals surface area contributed by atoms with Crippen LogP contribution in [0.2, 0.25) is 0 Å². The number of benzene rings is 2. The van der Waals surface area contributed by atoms with Crippen molar-refractivity contribution in [2.45, 2.75) is 19.4 Å². The van der Waals surface area contributed by atoms with E-state index >= 15 is 0 Å². The first-order valence-electron chi connectivity index (χ1n) is 8.99. The quantitative estimate of drug-likeness (QED) is 0.506. The summed E-state index contributed by atoms with van der Waals surface area (Å²) in [6, 6.07) is 8.61. The maximum atomic E-state index is 13.7. The van der Waals surface area contributed by atoms with Crippen molar-refractivity contribution in [2.24, 2.45) is 0 Å². The predicted octanol–water partition coefficient (Wildman–Crippen LogP) is 3.86. The molecule has 3 N–H and O–H groups in total. The zero-order valence-electron chi connectivity index (χ0n) is 14.8. The number of fused-ring (bicyclic) bond motifs is 5. The minimum atomic E-state index is -0.549. The lowest BCUT2D eigenvalue weighted by Gasteiger charge is -2.11. The number of hydrogen-bond acceptors (Lipinski definition) is 2. The van der Waals surface area contributed by atoms with Crippen LogP contribution in [0.5, 0.6) is 0 Å². The summed E-state index contributed by atoms with van der Waals surface area (Å²) in [6.07, 6.45) is 3.59. The van der Waals surface area contributed by atoms with Gasteiger partial charge in [-0.1, -0.05) is 0 Å². The molecule has 0 unspecified atom stereocenters. The number of aromatic amines is 2. The van der Waals surface area contributed by atoms with Gasteiger partial charge in [0, 0.05) is 28.6 Å². The van der Waals surface area contributed by atoms with Gasteiger partial charge in [0.15, 0.2) is 0 Å². The molecule has 2 heterocycles. The van der Waals surface area contributed by atoms with Crippen LogP contribution in [-0.4, -0.2) is 21.1 Å². The van der Waals surface area contributed by atoms with Crippen LogP contribution in [0.25, 0.3) is 22.3 Å². The van der Waals surface area contributed by atoms with Gasteiger partial charge in [-0.15, -0.1) is 0 Å². The average molecular weight is 378 g/mol. The highest BCUT2D eigenvalue weighted by Crippen LogP contribution is 2.36. The van der Waals surface area contributed by atoms with E-state index in [0.717, 1.165) is 58.9 Å². The van der Waals surface area contributed by atoms with E-state index in [0.29, 0.717) is 5.56 Å². The summed E-state index contributed by atoms with van der Waals surface area (Å²) in [5.74, 6) is -1.42. The number of H-pyrrole nitrogens is 2. The van der Waals surface area contributed by atoms with Crippen molar-refractivity contribution < 1.29 is 13.6 Å². The monoisotopic (exact) mass is 378 g/mol. The molecule has 0 saturated heterocycles. The first-order chi connectivity index (χ1) is 13.6. The van der Waals surface area contributed by atoms with Gasteiger partial charge in [-0.25, -0.2) is 8.78 Å². The summed E-state index contributed by atoms with van der Waals surface area (Å²) in [5.41, 5.74) is 5.85. The highest BCUT2D eigenvalue weighted by Gasteiger charge is 2.22. The molecule has 2 aromatic heterocycles. The second kappa shape index (κ2) is 6.30. The average Bonchev–Trinajstić information content (AvgIpc) is 3.31. The molecule has 5 rings (SSSR count). The summed E-state index contributed by atoms with van der Waals surface area (Å²) in [7, 11) is 0. The Balaban J connectivity index is 1.44. The van der Waals surface area contributed by atoms with E-state index in [4.69, 9.17) is 0 Å². The molecule has 1 aliphatic rings. The molecule has 2 aromatic carbocycles. The molecule has 1 amide bonds. The largest absolute Gasteiger partial charge is 0.353 e. The zero-order chi connectivity index (χ0) is 19.3. The number of aryl methyl sites for hydroxylation is 2. The van der Waals surface area contributed by atoms with Crippen LogP contribution in [0.4, 0.5) is 8.78 Å². The Labute approximate surface area is 158 Å². The first-order valence-corrected chi connectivity index (χ1v) is 8.99. The number of carbonyl (C=O) groups excluding carboxylic acids is 1. The van der Waals surface area contributed by atoms with Crippen molar-refractivity contribution in [3.05, 3.63) is 76.5 Å². The Bertz CT molecular complexity index is 1220. The number of aromatic nitrogens is 3. The third kappa shape index (κ3) is 2.67. The highest BCUT2D eigenvalue weighted by atomic mass is 19.1. The Morgan fingerprint density at radius 3 is 2.89 bits per heavy atom. The topological polar surface area (TPSA) is 73.6 Å². The predicted molar refractivity (Wildman–Crippen MR) is 101 cm³/mol. The van der Waals surface area contributed by atoms with Crippen LogP contribution >= 0.6 is 0 Å². The van der Waals surface area contributed by atoms with E-state index in [2.05, 4.69) is 20.5 Å². The Morgan fingerprint density at radius 2 is 2.00 bits per heavy atom. The van der Waals surface area contributed by atoms with Gasteiger partial charge in [0.25, 0.3) is 5.91 Å². The van der Waals surface area contributed by atoms with Crippen LogP contribution in [-0.2, 0) is 19.4 Å². The van der Waals surface area contributed by atoms with Crippen LogP contribution in [0.15, 0.2) is 42.6 Å². The molecule has 4 aromatic rings. The molecule has 0 spiro atoms. The molecule has 0 radical (unpaired) electrons. The molecule has 0 saturated carbocycles. The van der Waals surface area contributed by atoms with Crippen LogP contribution in [0.3, 0.4) is 0 Å². The minimum Gasteiger partial charge on any atom is -0.353 e. The number of hydrogen-bond donors (Lipinski definition) is 3. The summed E-state index contributed by atoms with van der Waals surface area (Å²) < 4.78 is 27.0. The molecular formula is C21H16F2N4O. The van der Waals surface area contributed by atoms with Crippen molar-refractivity contribution >= 4 is 16.8 Å². The highest BCUT2D eigenvalue weighted by molar-refractivity contribution is 6.00. The lowest BCUT2D eigenvalue weighted by Crippen LogP contribution is -2.23. The van der Waals surface area contributed by atoms with E-state index < -0.39 is 11.6 Å². The Kier molecular flexibility index (Phi) is 3.75. The van der Waals surface area contributed by atoms with Crippen LogP contribution < -0.4 is 5.32 Å². The molecule has 28 heavy (non-hydrogen) atoms. The van der Waals surface area contributed by atoms with Crippen LogP contribution in [0.1, 0.15) is 27.0 Å². The SMILES string of the molecule is O=C(NCc1cc(F)ccc1F)c1ccc2[nH]c3c(c2c1)CCc1cn[nH]c1-3. The number of rotatable bonds is 3. The van der Waals surface area contributed by atoms with Gasteiger partial charge in [-0.2, -0.15) is 5.10 Å². The van der Waals surface area contributed by atoms with E-state index in [1.807, 2.05) is 18.3 Å². The molecule has 140 valence electrons. The fourth-order valence-corrected chi connectivity index (χ4v) is 3.80. The fourth-order valence-electron chi connectivity index (χ4n) is 3.80. The Morgan fingerprint density at radius 1 is 1.11 bits per heavy atom. The number of halogens is 2. The smallest absolute Gasteiger partial charge is 0.251 e. The van der Waals surface area contributed by atoms with Gasteiger partial charge in [0.05, 0.1) is 17.6 Å². The fraction of sp³-hybridized carbons (Fsp3) is 0.143. The molecule has 0 aliphatic heterocycles. The molecule has 0 fully saturated rings. The van der Waals surface area contributed by atoms with E-state index in [-0.39, 0.29) is 18.0 Å². The third-order valence-electron chi connectivity index (χ3n) is 5.23. The van der Waals surface area contributed by atoms with Crippen molar-refractivity contribution in [1.82, 2.24) is 20.5 Å². The summed E-state index contributed by atoms with van der Waals surface area (Å²) in [6.45, 7) is -0.0801. The third-order valence-corrected chi connectivity index (χ3v) is 5.23. The Hall–Kier alpha value is -3.48. The normalized spacial score (nSPS) is 12.6. The van der Waals surface area contributed by atoms with Gasteiger partial charge in [-0.3, -0.25) is 9.89 Å². The summed E-state index contributed by atoms with van der Waals surface area (Å²) in [5, 5.41) is 10.8. The standard InChI is InChI=1S/C21H16F2N4O/c22-14-3-5-17(23)13(7-14)9-24-21(28)11-2-6-18-16(8-11)15-4-1-12-10-25-27-19(12)20(15)26-18/h2-3,5-8,10,26H,1,4,9H2,(H,24,28)(H,25,27). The number of carbonyl (C=O) groups is 1. The van der Waals surface area contributed by atoms with E-state index in [9.17, 15) is 13.6 Å². The lowest BCUT2D eigenvalue weighted by molar-refractivity contribution is 0.0950. The molecule has 0 atom stereocenters. The second-order valence-electron chi connectivity index (χ2n) is 6.93. The second-order valence-corrected chi connectivity index (χ2v) is 6.93. The van der Waals surface area contributed by atoms with Crippen molar-refractivity contribution in [2.75, 3.05) is 0 Å². The number of amides is 1. The van der Waals surface area contributed by atoms with Crippen molar-refractivity contribution in [1.29, 1.82) is 0 Å². The van der Waals surface area contributed by atoms with Gasteiger partial charge in [0.2, 0.25) is 0 Å². The van der Waals surface area contributed by atoms with Gasteiger partial charge in [0.1, 0.15) is 11.6 Å². The molecular weight excluding hydrogens is 362 g/mol. The molecule has 7 heteroatoms. The van der Waals surface area contributed by atoms with Gasteiger partial charge >= 0.3 is 0 Å². The van der Waals surface area contributed by atoms with Crippen LogP contribution in [0, 0.1) is 11.6 Å². The summed E-state index contributed by atoms with van der Waals surface area (Å²) >= 11 is 0. The van der Waals surface area contributed by atoms with Gasteiger partial charge in [-0.05, 0) is 60.4 Å². The first kappa shape index (κ1) is 16.7. The van der Waals surface area contributed by atoms with Crippen molar-refractivity contribution in [3.63, 3.8) is 0 Å². The van der Waals surface area contributed by atoms with E-state index in [1.54, 1.807) is 6.07 Å². The number of nitrogens with zero attached hydrogens (tertiary/aromatic N) is 1. The minimum absolute atomic E-state index is 0.0801. The lowest BCUT2D eigenvalue weighted by atomic mass is 9.93. The molecule has 0 bridgehead atoms. The maximum Gasteiger partial charge on any atom is 0.251 e. The number of nitrogens with one attached hydrogen (secondary N) is 3. The summed E-state index contributed by atoms with van der Waals surface area (Å²) in [4.78, 5) is 16.0.